The molecule has 104 valence electrons. The Balaban J connectivity index is 2.91. The van der Waals surface area contributed by atoms with E-state index in [1.54, 1.807) is 6.08 Å². The van der Waals surface area contributed by atoms with Crippen molar-refractivity contribution < 1.29 is 9.53 Å². The van der Waals surface area contributed by atoms with E-state index in [4.69, 9.17) is 4.74 Å². The van der Waals surface area contributed by atoms with Crippen LogP contribution < -0.4 is 5.32 Å². The Labute approximate surface area is 122 Å². The van der Waals surface area contributed by atoms with Gasteiger partial charge in [0.15, 0.2) is 0 Å². The molecular formula is C14H19BrN2O2. The van der Waals surface area contributed by atoms with Crippen molar-refractivity contribution in [2.24, 2.45) is 5.92 Å². The van der Waals surface area contributed by atoms with Gasteiger partial charge in [0.2, 0.25) is 0 Å². The Morgan fingerprint density at radius 2 is 2.21 bits per heavy atom. The second-order valence-electron chi connectivity index (χ2n) is 4.51. The number of rotatable bonds is 6. The van der Waals surface area contributed by atoms with Crippen LogP contribution >= 0.6 is 15.9 Å². The number of nitrogens with one attached hydrogen (secondary N) is 1. The Kier molecular flexibility index (Phi) is 6.18. The monoisotopic (exact) mass is 326 g/mol. The van der Waals surface area contributed by atoms with Crippen LogP contribution in [0.5, 0.6) is 0 Å². The van der Waals surface area contributed by atoms with Gasteiger partial charge in [0.05, 0.1) is 18.8 Å². The summed E-state index contributed by atoms with van der Waals surface area (Å²) in [5.74, 6) is -0.168. The van der Waals surface area contributed by atoms with Crippen molar-refractivity contribution in [1.29, 1.82) is 0 Å². The first kappa shape index (κ1) is 15.9. The van der Waals surface area contributed by atoms with Gasteiger partial charge in [-0.05, 0) is 34.0 Å². The molecule has 1 unspecified atom stereocenters. The molecule has 1 rings (SSSR count). The fourth-order valence-electron chi connectivity index (χ4n) is 1.72. The smallest absolute Gasteiger partial charge is 0.323 e. The SMILES string of the molecule is C=C[C@H](NC(C(=O)OC)C(C)C)c1cccc(Br)n1. The maximum Gasteiger partial charge on any atom is 0.323 e. The molecule has 1 aromatic heterocycles. The second kappa shape index (κ2) is 7.40. The minimum Gasteiger partial charge on any atom is -0.468 e. The van der Waals surface area contributed by atoms with Gasteiger partial charge in [-0.2, -0.15) is 0 Å². The predicted molar refractivity (Wildman–Crippen MR) is 78.7 cm³/mol. The van der Waals surface area contributed by atoms with Gasteiger partial charge in [0, 0.05) is 0 Å². The third-order valence-electron chi connectivity index (χ3n) is 2.77. The molecule has 0 radical (unpaired) electrons. The molecule has 0 spiro atoms. The van der Waals surface area contributed by atoms with E-state index in [2.05, 4.69) is 32.8 Å². The Morgan fingerprint density at radius 3 is 2.68 bits per heavy atom. The van der Waals surface area contributed by atoms with Gasteiger partial charge in [-0.3, -0.25) is 10.1 Å². The number of halogens is 1. The number of hydrogen-bond acceptors (Lipinski definition) is 4. The Hall–Kier alpha value is -1.20. The predicted octanol–water partition coefficient (Wildman–Crippen LogP) is 2.86. The highest BCUT2D eigenvalue weighted by molar-refractivity contribution is 9.10. The summed E-state index contributed by atoms with van der Waals surface area (Å²) >= 11 is 3.33. The molecule has 0 fully saturated rings. The van der Waals surface area contributed by atoms with Gasteiger partial charge in [-0.25, -0.2) is 4.98 Å². The van der Waals surface area contributed by atoms with Crippen LogP contribution in [0.2, 0.25) is 0 Å². The summed E-state index contributed by atoms with van der Waals surface area (Å²) in [4.78, 5) is 16.1. The van der Waals surface area contributed by atoms with E-state index in [9.17, 15) is 4.79 Å². The van der Waals surface area contributed by atoms with Gasteiger partial charge in [0.1, 0.15) is 10.6 Å². The zero-order chi connectivity index (χ0) is 14.4. The highest BCUT2D eigenvalue weighted by Crippen LogP contribution is 2.17. The van der Waals surface area contributed by atoms with Crippen LogP contribution in [0.25, 0.3) is 0 Å². The Bertz CT molecular complexity index is 449. The summed E-state index contributed by atoms with van der Waals surface area (Å²) in [6, 6.07) is 5.04. The van der Waals surface area contributed by atoms with E-state index < -0.39 is 6.04 Å². The van der Waals surface area contributed by atoms with E-state index >= 15 is 0 Å². The van der Waals surface area contributed by atoms with Crippen molar-refractivity contribution in [2.75, 3.05) is 7.11 Å². The maximum absolute atomic E-state index is 11.8. The number of methoxy groups -OCH3 is 1. The molecule has 0 aromatic carbocycles. The number of aromatic nitrogens is 1. The first-order chi connectivity index (χ1) is 8.99. The molecule has 2 atom stereocenters. The molecule has 0 aliphatic heterocycles. The first-order valence-electron chi connectivity index (χ1n) is 6.08. The fraction of sp³-hybridized carbons (Fsp3) is 0.429. The zero-order valence-corrected chi connectivity index (χ0v) is 13.0. The largest absolute Gasteiger partial charge is 0.468 e. The van der Waals surface area contributed by atoms with E-state index in [1.165, 1.54) is 7.11 Å². The third-order valence-corrected chi connectivity index (χ3v) is 3.21. The van der Waals surface area contributed by atoms with Crippen molar-refractivity contribution in [1.82, 2.24) is 10.3 Å². The lowest BCUT2D eigenvalue weighted by Gasteiger charge is -2.24. The molecule has 0 aliphatic carbocycles. The standard InChI is InChI=1S/C14H19BrN2O2/c1-5-10(11-7-6-8-12(15)16-11)17-13(9(2)3)14(18)19-4/h5-10,13,17H,1H2,2-4H3/t10-,13?/m0/s1. The summed E-state index contributed by atoms with van der Waals surface area (Å²) < 4.78 is 5.56. The number of pyridine rings is 1. The lowest BCUT2D eigenvalue weighted by Crippen LogP contribution is -2.43. The molecule has 4 nitrogen and oxygen atoms in total. The summed E-state index contributed by atoms with van der Waals surface area (Å²) in [6.45, 7) is 7.72. The molecule has 0 aliphatic rings. The summed E-state index contributed by atoms with van der Waals surface area (Å²) in [7, 11) is 1.39. The lowest BCUT2D eigenvalue weighted by molar-refractivity contribution is -0.144. The summed E-state index contributed by atoms with van der Waals surface area (Å²) in [6.07, 6.45) is 1.73. The number of esters is 1. The molecule has 0 bridgehead atoms. The molecule has 19 heavy (non-hydrogen) atoms. The Morgan fingerprint density at radius 1 is 1.53 bits per heavy atom. The second-order valence-corrected chi connectivity index (χ2v) is 5.32. The lowest BCUT2D eigenvalue weighted by atomic mass is 10.0. The van der Waals surface area contributed by atoms with Gasteiger partial charge in [0.25, 0.3) is 0 Å². The molecule has 1 heterocycles. The van der Waals surface area contributed by atoms with Gasteiger partial charge in [-0.15, -0.1) is 6.58 Å². The van der Waals surface area contributed by atoms with Crippen LogP contribution in [0.15, 0.2) is 35.5 Å². The highest BCUT2D eigenvalue weighted by Gasteiger charge is 2.25. The van der Waals surface area contributed by atoms with Crippen LogP contribution in [0, 0.1) is 5.92 Å². The number of carbonyl (C=O) groups is 1. The molecule has 0 saturated carbocycles. The van der Waals surface area contributed by atoms with Crippen LogP contribution in [-0.4, -0.2) is 24.1 Å². The third kappa shape index (κ3) is 4.44. The normalized spacial score (nSPS) is 13.9. The number of ether oxygens (including phenoxy) is 1. The highest BCUT2D eigenvalue weighted by atomic mass is 79.9. The quantitative estimate of drug-likeness (QED) is 0.496. The van der Waals surface area contributed by atoms with E-state index in [-0.39, 0.29) is 17.9 Å². The van der Waals surface area contributed by atoms with Gasteiger partial charge in [-0.1, -0.05) is 26.0 Å². The van der Waals surface area contributed by atoms with Gasteiger partial charge < -0.3 is 4.74 Å². The fourth-order valence-corrected chi connectivity index (χ4v) is 2.08. The van der Waals surface area contributed by atoms with Gasteiger partial charge >= 0.3 is 5.97 Å². The van der Waals surface area contributed by atoms with E-state index in [0.717, 1.165) is 10.3 Å². The summed E-state index contributed by atoms with van der Waals surface area (Å²) in [5.41, 5.74) is 0.805. The molecular weight excluding hydrogens is 308 g/mol. The molecule has 0 amide bonds. The first-order valence-corrected chi connectivity index (χ1v) is 6.87. The van der Waals surface area contributed by atoms with Crippen LogP contribution in [-0.2, 0) is 9.53 Å². The van der Waals surface area contributed by atoms with Crippen molar-refractivity contribution in [3.05, 3.63) is 41.2 Å². The number of hydrogen-bond donors (Lipinski definition) is 1. The van der Waals surface area contributed by atoms with Crippen molar-refractivity contribution in [2.45, 2.75) is 25.9 Å². The van der Waals surface area contributed by atoms with Crippen LogP contribution in [0.3, 0.4) is 0 Å². The minimum absolute atomic E-state index is 0.113. The van der Waals surface area contributed by atoms with Crippen LogP contribution in [0.1, 0.15) is 25.6 Å². The number of nitrogens with zero attached hydrogens (tertiary/aromatic N) is 1. The van der Waals surface area contributed by atoms with Crippen molar-refractivity contribution in [3.8, 4) is 0 Å². The average molecular weight is 327 g/mol. The van der Waals surface area contributed by atoms with Crippen LogP contribution in [0.4, 0.5) is 0 Å². The topological polar surface area (TPSA) is 51.2 Å². The molecule has 1 N–H and O–H groups in total. The summed E-state index contributed by atoms with van der Waals surface area (Å²) in [5, 5.41) is 3.22. The molecule has 1 aromatic rings. The van der Waals surface area contributed by atoms with Crippen molar-refractivity contribution >= 4 is 21.9 Å². The minimum atomic E-state index is -0.395. The van der Waals surface area contributed by atoms with E-state index in [1.807, 2.05) is 32.0 Å². The molecule has 5 heteroatoms. The average Bonchev–Trinajstić information content (AvgIpc) is 2.38. The zero-order valence-electron chi connectivity index (χ0n) is 11.4. The van der Waals surface area contributed by atoms with E-state index in [0.29, 0.717) is 0 Å². The maximum atomic E-state index is 11.8. The molecule has 0 saturated heterocycles. The number of carbonyl (C=O) groups excluding carboxylic acids is 1. The van der Waals surface area contributed by atoms with Crippen molar-refractivity contribution in [3.63, 3.8) is 0 Å².